The van der Waals surface area contributed by atoms with Gasteiger partial charge in [-0.15, -0.1) is 0 Å². The summed E-state index contributed by atoms with van der Waals surface area (Å²) >= 11 is 0. The summed E-state index contributed by atoms with van der Waals surface area (Å²) in [5.74, 6) is 1.02. The lowest BCUT2D eigenvalue weighted by molar-refractivity contribution is -0.204. The summed E-state index contributed by atoms with van der Waals surface area (Å²) in [5.41, 5.74) is 0. The van der Waals surface area contributed by atoms with Crippen molar-refractivity contribution in [1.82, 2.24) is 5.32 Å². The Kier molecular flexibility index (Phi) is 17.2. The summed E-state index contributed by atoms with van der Waals surface area (Å²) in [6.45, 7) is 6.38. The van der Waals surface area contributed by atoms with Crippen LogP contribution in [0.4, 0.5) is 0 Å². The van der Waals surface area contributed by atoms with Gasteiger partial charge in [0.2, 0.25) is 5.91 Å². The molecule has 1 N–H and O–H groups in total. The van der Waals surface area contributed by atoms with Gasteiger partial charge in [0.1, 0.15) is 5.78 Å². The van der Waals surface area contributed by atoms with Gasteiger partial charge in [-0.3, -0.25) is 9.59 Å². The van der Waals surface area contributed by atoms with Gasteiger partial charge in [0.25, 0.3) is 0 Å². The lowest BCUT2D eigenvalue weighted by Gasteiger charge is -2.31. The number of Topliss-reactive ketones (excluding diaryl/α,β-unsaturated/α-hetero) is 1. The first-order valence-corrected chi connectivity index (χ1v) is 17.1. The summed E-state index contributed by atoms with van der Waals surface area (Å²) < 4.78 is 25.3. The monoisotopic (exact) mass is 577 g/mol. The van der Waals surface area contributed by atoms with Gasteiger partial charge in [0, 0.05) is 45.4 Å². The van der Waals surface area contributed by atoms with Gasteiger partial charge in [-0.25, -0.2) is 0 Å². The van der Waals surface area contributed by atoms with Crippen molar-refractivity contribution in [3.63, 3.8) is 0 Å². The van der Waals surface area contributed by atoms with Crippen LogP contribution in [0, 0.1) is 11.8 Å². The molecule has 41 heavy (non-hydrogen) atoms. The molecular formula is C34H59NO6. The second kappa shape index (κ2) is 20.6. The number of ketones is 1. The Morgan fingerprint density at radius 3 is 2.10 bits per heavy atom. The molecule has 0 spiro atoms. The van der Waals surface area contributed by atoms with E-state index < -0.39 is 0 Å². The molecule has 1 aliphatic carbocycles. The van der Waals surface area contributed by atoms with Crippen molar-refractivity contribution in [3.05, 3.63) is 12.2 Å². The van der Waals surface area contributed by atoms with Gasteiger partial charge in [-0.05, 0) is 89.4 Å². The first-order valence-electron chi connectivity index (χ1n) is 17.1. The smallest absolute Gasteiger partial charge is 0.219 e. The summed E-state index contributed by atoms with van der Waals surface area (Å²) in [7, 11) is 0. The highest BCUT2D eigenvalue weighted by atomic mass is 16.7. The van der Waals surface area contributed by atoms with Crippen molar-refractivity contribution < 1.29 is 28.5 Å². The van der Waals surface area contributed by atoms with Crippen LogP contribution < -0.4 is 5.32 Å². The lowest BCUT2D eigenvalue weighted by atomic mass is 9.85. The minimum atomic E-state index is -0.152. The molecular weight excluding hydrogens is 518 g/mol. The molecule has 2 saturated heterocycles. The molecule has 2 heterocycles. The number of carbonyl (C=O) groups is 2. The van der Waals surface area contributed by atoms with Crippen molar-refractivity contribution in [2.45, 2.75) is 161 Å². The average molecular weight is 578 g/mol. The van der Waals surface area contributed by atoms with E-state index in [0.29, 0.717) is 31.6 Å². The summed E-state index contributed by atoms with van der Waals surface area (Å²) in [4.78, 5) is 24.7. The molecule has 3 rings (SSSR count). The molecule has 7 nitrogen and oxygen atoms in total. The van der Waals surface area contributed by atoms with Crippen LogP contribution in [-0.2, 0) is 28.5 Å². The van der Waals surface area contributed by atoms with E-state index in [1.54, 1.807) is 0 Å². The number of rotatable bonds is 20. The minimum Gasteiger partial charge on any atom is -0.356 e. The Morgan fingerprint density at radius 2 is 1.46 bits per heavy atom. The summed E-state index contributed by atoms with van der Waals surface area (Å²) in [5, 5.41) is 2.87. The van der Waals surface area contributed by atoms with Crippen LogP contribution in [-0.4, -0.2) is 56.2 Å². The number of carbonyl (C=O) groups excluding carboxylic acids is 2. The fourth-order valence-corrected chi connectivity index (χ4v) is 6.61. The van der Waals surface area contributed by atoms with E-state index in [1.165, 1.54) is 19.3 Å². The first kappa shape index (κ1) is 34.2. The highest BCUT2D eigenvalue weighted by Crippen LogP contribution is 2.43. The van der Waals surface area contributed by atoms with E-state index in [2.05, 4.69) is 24.4 Å². The first-order chi connectivity index (χ1) is 20.1. The van der Waals surface area contributed by atoms with E-state index in [-0.39, 0.29) is 42.5 Å². The molecule has 1 saturated carbocycles. The minimum absolute atomic E-state index is 0.0279. The van der Waals surface area contributed by atoms with Crippen molar-refractivity contribution in [3.8, 4) is 0 Å². The predicted octanol–water partition coefficient (Wildman–Crippen LogP) is 7.41. The Balaban J connectivity index is 1.63. The molecule has 0 aromatic carbocycles. The second-order valence-corrected chi connectivity index (χ2v) is 12.3. The van der Waals surface area contributed by atoms with Gasteiger partial charge in [0.05, 0.1) is 12.2 Å². The Labute approximate surface area is 249 Å². The zero-order valence-electron chi connectivity index (χ0n) is 26.1. The van der Waals surface area contributed by atoms with E-state index >= 15 is 0 Å². The third-order valence-electron chi connectivity index (χ3n) is 8.94. The Hall–Kier alpha value is -1.28. The Morgan fingerprint density at radius 1 is 0.780 bits per heavy atom. The predicted molar refractivity (Wildman–Crippen MR) is 162 cm³/mol. The maximum atomic E-state index is 12.9. The van der Waals surface area contributed by atoms with Crippen molar-refractivity contribution in [2.24, 2.45) is 11.8 Å². The number of nitrogens with one attached hydrogen (secondary N) is 1. The third-order valence-corrected chi connectivity index (χ3v) is 8.94. The summed E-state index contributed by atoms with van der Waals surface area (Å²) in [6, 6.07) is 0. The van der Waals surface area contributed by atoms with Crippen molar-refractivity contribution in [1.29, 1.82) is 0 Å². The number of amides is 1. The zero-order valence-corrected chi connectivity index (χ0v) is 26.1. The van der Waals surface area contributed by atoms with Crippen LogP contribution in [0.15, 0.2) is 12.2 Å². The normalized spacial score (nSPS) is 28.7. The average Bonchev–Trinajstić information content (AvgIpc) is 3.29. The molecule has 0 aromatic heterocycles. The topological polar surface area (TPSA) is 83.1 Å². The summed E-state index contributed by atoms with van der Waals surface area (Å²) in [6.07, 6.45) is 22.6. The van der Waals surface area contributed by atoms with Gasteiger partial charge >= 0.3 is 0 Å². The number of unbranched alkanes of at least 4 members (excludes halogenated alkanes) is 5. The highest BCUT2D eigenvalue weighted by molar-refractivity contribution is 5.78. The maximum Gasteiger partial charge on any atom is 0.219 e. The standard InChI is InChI=1S/C34H59NO6/c1-3-5-6-7-10-17-27(36)22-23-29-28(18-11-8-9-12-19-32(37)35-4-2)30(40-33-20-13-15-24-38-33)26-31(29)41-34-21-14-16-25-39-34/h8,11,28-31,33-34H,3-7,9-10,12-26H2,1-2H3,(H,35,37)/b11-8-/t28-,29-,30+,31+,33?,34?/m1/s1. The van der Waals surface area contributed by atoms with E-state index in [4.69, 9.17) is 18.9 Å². The molecule has 6 atom stereocenters. The number of allylic oxidation sites excluding steroid dienone is 2. The molecule has 3 aliphatic rings. The third kappa shape index (κ3) is 13.3. The second-order valence-electron chi connectivity index (χ2n) is 12.3. The van der Waals surface area contributed by atoms with Gasteiger partial charge < -0.3 is 24.3 Å². The highest BCUT2D eigenvalue weighted by Gasteiger charge is 2.46. The van der Waals surface area contributed by atoms with Gasteiger partial charge in [0.15, 0.2) is 12.6 Å². The number of ether oxygens (including phenoxy) is 4. The SMILES string of the molecule is CCCCCCCC(=O)CC[C@@H]1[C@@H](C/C=C\CCCC(=O)NCC)[C@@H](OC2CCCCO2)C[C@@H]1OC1CCCCO1. The fourth-order valence-electron chi connectivity index (χ4n) is 6.61. The van der Waals surface area contributed by atoms with Crippen LogP contribution in [0.5, 0.6) is 0 Å². The van der Waals surface area contributed by atoms with Crippen molar-refractivity contribution >= 4 is 11.7 Å². The molecule has 236 valence electrons. The van der Waals surface area contributed by atoms with Crippen LogP contribution in [0.1, 0.15) is 136 Å². The molecule has 0 radical (unpaired) electrons. The van der Waals surface area contributed by atoms with Crippen LogP contribution in [0.2, 0.25) is 0 Å². The Bertz CT molecular complexity index is 745. The van der Waals surface area contributed by atoms with Gasteiger partial charge in [-0.1, -0.05) is 44.8 Å². The largest absolute Gasteiger partial charge is 0.356 e. The molecule has 0 bridgehead atoms. The van der Waals surface area contributed by atoms with Crippen LogP contribution in [0.3, 0.4) is 0 Å². The van der Waals surface area contributed by atoms with Crippen LogP contribution >= 0.6 is 0 Å². The maximum absolute atomic E-state index is 12.9. The fraction of sp³-hybridized carbons (Fsp3) is 0.882. The zero-order chi connectivity index (χ0) is 29.1. The molecule has 2 unspecified atom stereocenters. The van der Waals surface area contributed by atoms with E-state index in [0.717, 1.165) is 96.7 Å². The molecule has 2 aliphatic heterocycles. The van der Waals surface area contributed by atoms with Crippen LogP contribution in [0.25, 0.3) is 0 Å². The van der Waals surface area contributed by atoms with Crippen molar-refractivity contribution in [2.75, 3.05) is 19.8 Å². The number of hydrogen-bond donors (Lipinski definition) is 1. The molecule has 3 fully saturated rings. The molecule has 0 aromatic rings. The van der Waals surface area contributed by atoms with E-state index in [9.17, 15) is 9.59 Å². The lowest BCUT2D eigenvalue weighted by Crippen LogP contribution is -2.32. The number of hydrogen-bond acceptors (Lipinski definition) is 6. The van der Waals surface area contributed by atoms with Gasteiger partial charge in [-0.2, -0.15) is 0 Å². The molecule has 7 heteroatoms. The molecule has 1 amide bonds. The quantitative estimate of drug-likeness (QED) is 0.120. The van der Waals surface area contributed by atoms with E-state index in [1.807, 2.05) is 6.92 Å².